The van der Waals surface area contributed by atoms with Gasteiger partial charge in [-0.05, 0) is 37.6 Å². The number of nitrogens with zero attached hydrogens (tertiary/aromatic N) is 5. The van der Waals surface area contributed by atoms with Gasteiger partial charge in [-0.1, -0.05) is 29.8 Å². The Morgan fingerprint density at radius 2 is 1.88 bits per heavy atom. The number of hydrogen-bond acceptors (Lipinski definition) is 9. The highest BCUT2D eigenvalue weighted by Crippen LogP contribution is 2.26. The van der Waals surface area contributed by atoms with E-state index in [9.17, 15) is 23.3 Å². The number of piperazine rings is 1. The van der Waals surface area contributed by atoms with Crippen molar-refractivity contribution in [3.8, 4) is 11.4 Å². The summed E-state index contributed by atoms with van der Waals surface area (Å²) in [5.41, 5.74) is 1.34. The Morgan fingerprint density at radius 1 is 1.12 bits per heavy atom. The monoisotopic (exact) mass is 606 g/mol. The molecule has 0 saturated carbocycles. The first-order valence-corrected chi connectivity index (χ1v) is 14.7. The van der Waals surface area contributed by atoms with E-state index in [4.69, 9.17) is 21.1 Å². The number of ether oxygens (including phenoxy) is 2. The van der Waals surface area contributed by atoms with E-state index >= 15 is 0 Å². The van der Waals surface area contributed by atoms with Gasteiger partial charge in [0.1, 0.15) is 12.3 Å². The molecule has 13 nitrogen and oxygen atoms in total. The zero-order valence-electron chi connectivity index (χ0n) is 22.7. The average molecular weight is 607 g/mol. The number of hydrogen-bond donors (Lipinski definition) is 1. The zero-order valence-corrected chi connectivity index (χ0v) is 24.2. The topological polar surface area (TPSA) is 149 Å². The standard InChI is InChI=1S/C26H31ClN6O7S/c1-3-39-13-14-40-25-24(18-28-32(26(25)34)22-6-4-5-21(27)16-22)30-9-11-31(12-10-30)41(37,38)29-17-20-8-7-19(2)23(15-20)33(35)36/h4-8,15-16,18,29H,3,9-14,17H2,1-2H3. The van der Waals surface area contributed by atoms with Crippen LogP contribution in [0.5, 0.6) is 5.75 Å². The third-order valence-corrected chi connectivity index (χ3v) is 8.28. The summed E-state index contributed by atoms with van der Waals surface area (Å²) < 4.78 is 42.2. The minimum absolute atomic E-state index is 0.0690. The average Bonchev–Trinajstić information content (AvgIpc) is 2.95. The maximum atomic E-state index is 13.4. The summed E-state index contributed by atoms with van der Waals surface area (Å²) in [6.07, 6.45) is 1.52. The number of nitrogens with one attached hydrogen (secondary N) is 1. The molecule has 0 atom stereocenters. The molecule has 0 radical (unpaired) electrons. The lowest BCUT2D eigenvalue weighted by Crippen LogP contribution is -2.52. The Morgan fingerprint density at radius 3 is 2.56 bits per heavy atom. The van der Waals surface area contributed by atoms with Gasteiger partial charge in [0.25, 0.3) is 15.9 Å². The van der Waals surface area contributed by atoms with Crippen molar-refractivity contribution in [1.29, 1.82) is 0 Å². The molecular formula is C26H31ClN6O7S. The number of halogens is 1. The van der Waals surface area contributed by atoms with E-state index in [2.05, 4.69) is 9.82 Å². The van der Waals surface area contributed by atoms with E-state index in [1.807, 2.05) is 11.8 Å². The maximum absolute atomic E-state index is 13.4. The van der Waals surface area contributed by atoms with Gasteiger partial charge in [0, 0.05) is 56.0 Å². The van der Waals surface area contributed by atoms with E-state index in [0.717, 1.165) is 0 Å². The zero-order chi connectivity index (χ0) is 29.6. The smallest absolute Gasteiger partial charge is 0.316 e. The quantitative estimate of drug-likeness (QED) is 0.186. The lowest BCUT2D eigenvalue weighted by molar-refractivity contribution is -0.385. The van der Waals surface area contributed by atoms with Crippen LogP contribution in [0.4, 0.5) is 11.4 Å². The summed E-state index contributed by atoms with van der Waals surface area (Å²) in [6.45, 7) is 5.16. The molecule has 41 heavy (non-hydrogen) atoms. The Hall–Kier alpha value is -3.56. The molecule has 0 spiro atoms. The first kappa shape index (κ1) is 30.4. The van der Waals surface area contributed by atoms with Crippen LogP contribution in [-0.2, 0) is 21.5 Å². The molecule has 0 unspecified atom stereocenters. The van der Waals surface area contributed by atoms with E-state index in [0.29, 0.717) is 34.1 Å². The van der Waals surface area contributed by atoms with Crippen LogP contribution >= 0.6 is 11.6 Å². The molecule has 0 amide bonds. The summed E-state index contributed by atoms with van der Waals surface area (Å²) in [5, 5.41) is 16.0. The SMILES string of the molecule is CCOCCOc1c(N2CCN(S(=O)(=O)NCc3ccc(C)c([N+](=O)[O-])c3)CC2)cnn(-c2cccc(Cl)c2)c1=O. The van der Waals surface area contributed by atoms with Crippen LogP contribution in [0.2, 0.25) is 5.02 Å². The second-order valence-electron chi connectivity index (χ2n) is 9.19. The Labute approximate surface area is 242 Å². The van der Waals surface area contributed by atoms with Gasteiger partial charge in [-0.3, -0.25) is 14.9 Å². The highest BCUT2D eigenvalue weighted by molar-refractivity contribution is 7.87. The lowest BCUT2D eigenvalue weighted by atomic mass is 10.1. The second kappa shape index (κ2) is 13.4. The molecular weight excluding hydrogens is 576 g/mol. The van der Waals surface area contributed by atoms with Gasteiger partial charge in [-0.15, -0.1) is 0 Å². The van der Waals surface area contributed by atoms with Crippen LogP contribution in [0.3, 0.4) is 0 Å². The Balaban J connectivity index is 1.48. The van der Waals surface area contributed by atoms with Gasteiger partial charge in [0.2, 0.25) is 5.75 Å². The lowest BCUT2D eigenvalue weighted by Gasteiger charge is -2.35. The number of anilines is 1. The van der Waals surface area contributed by atoms with Gasteiger partial charge in [-0.25, -0.2) is 0 Å². The van der Waals surface area contributed by atoms with Crippen molar-refractivity contribution in [2.75, 3.05) is 50.9 Å². The van der Waals surface area contributed by atoms with Crippen LogP contribution in [0.25, 0.3) is 5.69 Å². The van der Waals surface area contributed by atoms with E-state index < -0.39 is 20.7 Å². The summed E-state index contributed by atoms with van der Waals surface area (Å²) in [5.74, 6) is 0.0788. The molecule has 1 aromatic heterocycles. The molecule has 1 aliphatic rings. The van der Waals surface area contributed by atoms with Gasteiger partial charge in [0.05, 0.1) is 23.4 Å². The fourth-order valence-electron chi connectivity index (χ4n) is 4.33. The molecule has 0 aliphatic carbocycles. The van der Waals surface area contributed by atoms with Crippen LogP contribution in [-0.4, -0.2) is 73.4 Å². The fraction of sp³-hybridized carbons (Fsp3) is 0.385. The molecule has 4 rings (SSSR count). The number of aromatic nitrogens is 2. The molecule has 2 aromatic carbocycles. The third-order valence-electron chi connectivity index (χ3n) is 6.49. The van der Waals surface area contributed by atoms with E-state index in [1.54, 1.807) is 43.3 Å². The minimum atomic E-state index is -3.87. The minimum Gasteiger partial charge on any atom is -0.484 e. The summed E-state index contributed by atoms with van der Waals surface area (Å²) in [6, 6.07) is 11.3. The van der Waals surface area contributed by atoms with E-state index in [-0.39, 0.29) is 57.4 Å². The number of nitro groups is 1. The van der Waals surface area contributed by atoms with Crippen LogP contribution in [0, 0.1) is 17.0 Å². The predicted octanol–water partition coefficient (Wildman–Crippen LogP) is 2.67. The number of benzene rings is 2. The molecule has 15 heteroatoms. The van der Waals surface area contributed by atoms with E-state index in [1.165, 1.54) is 21.3 Å². The highest BCUT2D eigenvalue weighted by Gasteiger charge is 2.29. The normalized spacial score (nSPS) is 14.3. The molecule has 1 N–H and O–H groups in total. The van der Waals surface area contributed by atoms with Crippen molar-refractivity contribution in [2.45, 2.75) is 20.4 Å². The predicted molar refractivity (Wildman–Crippen MR) is 154 cm³/mol. The first-order chi connectivity index (χ1) is 19.6. The molecule has 2 heterocycles. The maximum Gasteiger partial charge on any atom is 0.316 e. The van der Waals surface area contributed by atoms with Gasteiger partial charge in [-0.2, -0.15) is 27.2 Å². The molecule has 0 bridgehead atoms. The van der Waals surface area contributed by atoms with Crippen molar-refractivity contribution in [3.05, 3.63) is 85.3 Å². The fourth-order valence-corrected chi connectivity index (χ4v) is 5.69. The van der Waals surface area contributed by atoms with Crippen molar-refractivity contribution < 1.29 is 22.8 Å². The van der Waals surface area contributed by atoms with Crippen molar-refractivity contribution in [1.82, 2.24) is 18.8 Å². The van der Waals surface area contributed by atoms with Crippen LogP contribution < -0.4 is 19.9 Å². The van der Waals surface area contributed by atoms with Gasteiger partial charge in [0.15, 0.2) is 0 Å². The Kier molecular flexibility index (Phi) is 9.94. The summed E-state index contributed by atoms with van der Waals surface area (Å²) in [4.78, 5) is 26.0. The second-order valence-corrected chi connectivity index (χ2v) is 11.4. The molecule has 1 fully saturated rings. The molecule has 3 aromatic rings. The number of rotatable bonds is 12. The van der Waals surface area contributed by atoms with Crippen LogP contribution in [0.15, 0.2) is 53.5 Å². The van der Waals surface area contributed by atoms with Crippen molar-refractivity contribution >= 4 is 33.2 Å². The van der Waals surface area contributed by atoms with Gasteiger partial charge < -0.3 is 14.4 Å². The first-order valence-electron chi connectivity index (χ1n) is 12.9. The number of aryl methyl sites for hydroxylation is 1. The number of nitro benzene ring substituents is 1. The Bertz CT molecular complexity index is 1560. The van der Waals surface area contributed by atoms with Crippen LogP contribution in [0.1, 0.15) is 18.1 Å². The molecule has 220 valence electrons. The van der Waals surface area contributed by atoms with Gasteiger partial charge >= 0.3 is 5.56 Å². The van der Waals surface area contributed by atoms with Crippen molar-refractivity contribution in [2.24, 2.45) is 0 Å². The largest absolute Gasteiger partial charge is 0.484 e. The molecule has 1 saturated heterocycles. The van der Waals surface area contributed by atoms with Crippen molar-refractivity contribution in [3.63, 3.8) is 0 Å². The summed E-state index contributed by atoms with van der Waals surface area (Å²) >= 11 is 6.11. The third kappa shape index (κ3) is 7.40. The molecule has 1 aliphatic heterocycles. The summed E-state index contributed by atoms with van der Waals surface area (Å²) in [7, 11) is -3.87. The highest BCUT2D eigenvalue weighted by atomic mass is 35.5.